The zero-order chi connectivity index (χ0) is 14.6. The highest BCUT2D eigenvalue weighted by atomic mass is 16.4. The van der Waals surface area contributed by atoms with Crippen molar-refractivity contribution < 1.29 is 14.7 Å². The van der Waals surface area contributed by atoms with E-state index in [0.717, 1.165) is 0 Å². The van der Waals surface area contributed by atoms with Crippen molar-refractivity contribution in [2.45, 2.75) is 53.0 Å². The fraction of sp³-hybridized carbons (Fsp3) is 0.846. The summed E-state index contributed by atoms with van der Waals surface area (Å²) < 4.78 is 0. The van der Waals surface area contributed by atoms with Gasteiger partial charge in [-0.25, -0.2) is 4.79 Å². The molecule has 0 aromatic heterocycles. The van der Waals surface area contributed by atoms with Gasteiger partial charge in [0.1, 0.15) is 0 Å². The Bertz CT molecular complexity index is 306. The Morgan fingerprint density at radius 1 is 1.17 bits per heavy atom. The van der Waals surface area contributed by atoms with Crippen molar-refractivity contribution in [1.29, 1.82) is 0 Å². The summed E-state index contributed by atoms with van der Waals surface area (Å²) in [5, 5.41) is 11.5. The first-order valence-corrected chi connectivity index (χ1v) is 6.18. The lowest BCUT2D eigenvalue weighted by Gasteiger charge is -2.32. The highest BCUT2D eigenvalue weighted by Crippen LogP contribution is 2.16. The summed E-state index contributed by atoms with van der Waals surface area (Å²) in [5.41, 5.74) is -0.473. The van der Waals surface area contributed by atoms with Gasteiger partial charge in [-0.2, -0.15) is 0 Å². The number of rotatable bonds is 5. The maximum absolute atomic E-state index is 11.9. The van der Waals surface area contributed by atoms with Gasteiger partial charge in [-0.3, -0.25) is 4.79 Å². The third-order valence-corrected chi connectivity index (χ3v) is 2.47. The Hall–Kier alpha value is -1.26. The van der Waals surface area contributed by atoms with Gasteiger partial charge in [0.2, 0.25) is 0 Å². The minimum atomic E-state index is -0.847. The average molecular weight is 258 g/mol. The van der Waals surface area contributed by atoms with Crippen molar-refractivity contribution in [2.75, 3.05) is 13.6 Å². The first-order valence-electron chi connectivity index (χ1n) is 6.18. The second kappa shape index (κ2) is 6.07. The molecule has 0 aliphatic carbocycles. The molecule has 0 aromatic carbocycles. The van der Waals surface area contributed by atoms with E-state index in [1.165, 1.54) is 0 Å². The quantitative estimate of drug-likeness (QED) is 0.795. The van der Waals surface area contributed by atoms with Gasteiger partial charge in [0.25, 0.3) is 0 Å². The lowest BCUT2D eigenvalue weighted by molar-refractivity contribution is -0.137. The Labute approximate surface area is 110 Å². The van der Waals surface area contributed by atoms with Crippen molar-refractivity contribution in [3.63, 3.8) is 0 Å². The number of carbonyl (C=O) groups is 2. The second-order valence-corrected chi connectivity index (χ2v) is 6.62. The van der Waals surface area contributed by atoms with E-state index < -0.39 is 11.5 Å². The highest BCUT2D eigenvalue weighted by molar-refractivity contribution is 5.75. The Kier molecular flexibility index (Phi) is 5.64. The standard InChI is InChI=1S/C13H26N2O3/c1-12(2,3)9-15(6)11(18)14-13(4,5)8-7-10(16)17/h7-9H2,1-6H3,(H,14,18)(H,16,17). The van der Waals surface area contributed by atoms with E-state index in [-0.39, 0.29) is 17.9 Å². The highest BCUT2D eigenvalue weighted by Gasteiger charge is 2.25. The van der Waals surface area contributed by atoms with Crippen LogP contribution in [0.15, 0.2) is 0 Å². The summed E-state index contributed by atoms with van der Waals surface area (Å²) in [4.78, 5) is 24.1. The topological polar surface area (TPSA) is 69.6 Å². The predicted octanol–water partition coefficient (Wildman–Crippen LogP) is 2.32. The number of hydrogen-bond donors (Lipinski definition) is 2. The number of carboxylic acids is 1. The minimum absolute atomic E-state index is 0.0390. The fourth-order valence-corrected chi connectivity index (χ4v) is 1.65. The van der Waals surface area contributed by atoms with Gasteiger partial charge >= 0.3 is 12.0 Å². The number of aliphatic carboxylic acids is 1. The van der Waals surface area contributed by atoms with Crippen LogP contribution in [0.25, 0.3) is 0 Å². The second-order valence-electron chi connectivity index (χ2n) is 6.62. The van der Waals surface area contributed by atoms with Gasteiger partial charge in [-0.05, 0) is 25.7 Å². The van der Waals surface area contributed by atoms with Crippen LogP contribution in [0.4, 0.5) is 4.79 Å². The number of nitrogens with one attached hydrogen (secondary N) is 1. The van der Waals surface area contributed by atoms with E-state index in [1.54, 1.807) is 11.9 Å². The molecule has 5 heteroatoms. The lowest BCUT2D eigenvalue weighted by Crippen LogP contribution is -2.50. The van der Waals surface area contributed by atoms with E-state index in [1.807, 2.05) is 13.8 Å². The van der Waals surface area contributed by atoms with Crippen LogP contribution in [0, 0.1) is 5.41 Å². The number of carboxylic acid groups (broad SMARTS) is 1. The molecule has 18 heavy (non-hydrogen) atoms. The van der Waals surface area contributed by atoms with Crippen LogP contribution in [0.2, 0.25) is 0 Å². The molecule has 5 nitrogen and oxygen atoms in total. The van der Waals surface area contributed by atoms with Crippen LogP contribution in [-0.2, 0) is 4.79 Å². The van der Waals surface area contributed by atoms with Crippen molar-refractivity contribution in [3.8, 4) is 0 Å². The molecule has 0 fully saturated rings. The first kappa shape index (κ1) is 16.7. The smallest absolute Gasteiger partial charge is 0.317 e. The van der Waals surface area contributed by atoms with Crippen molar-refractivity contribution in [1.82, 2.24) is 10.2 Å². The van der Waals surface area contributed by atoms with Gasteiger partial charge in [0, 0.05) is 25.6 Å². The average Bonchev–Trinajstić information content (AvgIpc) is 2.11. The molecule has 2 N–H and O–H groups in total. The van der Waals surface area contributed by atoms with Crippen LogP contribution in [0.1, 0.15) is 47.5 Å². The molecule has 106 valence electrons. The maximum atomic E-state index is 11.9. The SMILES string of the molecule is CN(CC(C)(C)C)C(=O)NC(C)(C)CCC(=O)O. The van der Waals surface area contributed by atoms with E-state index >= 15 is 0 Å². The summed E-state index contributed by atoms with van der Waals surface area (Å²) in [6.45, 7) is 10.5. The molecule has 0 aliphatic rings. The van der Waals surface area contributed by atoms with Gasteiger partial charge in [0.15, 0.2) is 0 Å². The normalized spacial score (nSPS) is 12.1. The minimum Gasteiger partial charge on any atom is -0.481 e. The molecule has 0 atom stereocenters. The van der Waals surface area contributed by atoms with Crippen LogP contribution in [0.3, 0.4) is 0 Å². The Morgan fingerprint density at radius 3 is 2.06 bits per heavy atom. The van der Waals surface area contributed by atoms with Crippen molar-refractivity contribution >= 4 is 12.0 Å². The number of urea groups is 1. The molecule has 0 bridgehead atoms. The van der Waals surface area contributed by atoms with Gasteiger partial charge in [-0.15, -0.1) is 0 Å². The molecule has 0 aromatic rings. The molecular weight excluding hydrogens is 232 g/mol. The van der Waals surface area contributed by atoms with Crippen LogP contribution in [-0.4, -0.2) is 41.1 Å². The van der Waals surface area contributed by atoms with Crippen molar-refractivity contribution in [2.24, 2.45) is 5.41 Å². The molecule has 0 radical (unpaired) electrons. The van der Waals surface area contributed by atoms with E-state index in [0.29, 0.717) is 13.0 Å². The molecule has 0 aliphatic heterocycles. The number of amides is 2. The summed E-state index contributed by atoms with van der Waals surface area (Å²) in [7, 11) is 1.74. The largest absolute Gasteiger partial charge is 0.481 e. The first-order chi connectivity index (χ1) is 7.93. The maximum Gasteiger partial charge on any atom is 0.317 e. The summed E-state index contributed by atoms with van der Waals surface area (Å²) in [6.07, 6.45) is 0.466. The third-order valence-electron chi connectivity index (χ3n) is 2.47. The van der Waals surface area contributed by atoms with Crippen molar-refractivity contribution in [3.05, 3.63) is 0 Å². The molecule has 0 spiro atoms. The summed E-state index contributed by atoms with van der Waals surface area (Å²) >= 11 is 0. The van der Waals surface area contributed by atoms with Gasteiger partial charge in [-0.1, -0.05) is 20.8 Å². The number of hydrogen-bond acceptors (Lipinski definition) is 2. The Balaban J connectivity index is 4.32. The number of carbonyl (C=O) groups excluding carboxylic acids is 1. The van der Waals surface area contributed by atoms with Crippen LogP contribution >= 0.6 is 0 Å². The molecule has 0 unspecified atom stereocenters. The monoisotopic (exact) mass is 258 g/mol. The number of nitrogens with zero attached hydrogens (tertiary/aromatic N) is 1. The summed E-state index contributed by atoms with van der Waals surface area (Å²) in [6, 6.07) is -0.166. The molecule has 0 saturated carbocycles. The lowest BCUT2D eigenvalue weighted by atomic mass is 9.96. The van der Waals surface area contributed by atoms with E-state index in [2.05, 4.69) is 26.1 Å². The molecule has 0 heterocycles. The Morgan fingerprint density at radius 2 is 1.67 bits per heavy atom. The van der Waals surface area contributed by atoms with Crippen LogP contribution in [0.5, 0.6) is 0 Å². The molecule has 2 amide bonds. The van der Waals surface area contributed by atoms with Gasteiger partial charge < -0.3 is 15.3 Å². The van der Waals surface area contributed by atoms with Crippen LogP contribution < -0.4 is 5.32 Å². The zero-order valence-corrected chi connectivity index (χ0v) is 12.3. The zero-order valence-electron chi connectivity index (χ0n) is 12.3. The predicted molar refractivity (Wildman–Crippen MR) is 71.6 cm³/mol. The molecule has 0 rings (SSSR count). The van der Waals surface area contributed by atoms with Gasteiger partial charge in [0.05, 0.1) is 0 Å². The molecule has 0 saturated heterocycles. The molecular formula is C13H26N2O3. The van der Waals surface area contributed by atoms with E-state index in [4.69, 9.17) is 5.11 Å². The van der Waals surface area contributed by atoms with E-state index in [9.17, 15) is 9.59 Å². The summed E-state index contributed by atoms with van der Waals surface area (Å²) in [5.74, 6) is -0.847. The third kappa shape index (κ3) is 7.92. The fourth-order valence-electron chi connectivity index (χ4n) is 1.65.